The predicted octanol–water partition coefficient (Wildman–Crippen LogP) is 2.61. The van der Waals surface area contributed by atoms with E-state index < -0.39 is 17.5 Å². The minimum atomic E-state index is -1.44. The van der Waals surface area contributed by atoms with Gasteiger partial charge in [-0.3, -0.25) is 0 Å². The maximum atomic E-state index is 12.5. The standard InChI is InChI=1S/C8H7F3N/c1-12-4-5-2-6(9)8(11)7(10)3-5/h2-3H,4H2,1H3/q-1. The van der Waals surface area contributed by atoms with Gasteiger partial charge in [-0.05, 0) is 12.1 Å². The van der Waals surface area contributed by atoms with E-state index >= 15 is 0 Å². The van der Waals surface area contributed by atoms with Gasteiger partial charge in [-0.25, -0.2) is 13.2 Å². The molecule has 0 radical (unpaired) electrons. The minimum Gasteiger partial charge on any atom is -0.661 e. The van der Waals surface area contributed by atoms with E-state index in [1.807, 2.05) is 0 Å². The molecule has 12 heavy (non-hydrogen) atoms. The van der Waals surface area contributed by atoms with Crippen LogP contribution >= 0.6 is 0 Å². The van der Waals surface area contributed by atoms with Gasteiger partial charge in [0.15, 0.2) is 17.5 Å². The van der Waals surface area contributed by atoms with Crippen LogP contribution in [-0.2, 0) is 6.54 Å². The second kappa shape index (κ2) is 3.58. The van der Waals surface area contributed by atoms with Crippen LogP contribution in [0.5, 0.6) is 0 Å². The molecule has 1 aromatic rings. The van der Waals surface area contributed by atoms with Crippen LogP contribution in [0.3, 0.4) is 0 Å². The molecule has 0 aromatic heterocycles. The van der Waals surface area contributed by atoms with E-state index in [0.717, 1.165) is 12.1 Å². The highest BCUT2D eigenvalue weighted by Crippen LogP contribution is 2.14. The van der Waals surface area contributed by atoms with Crippen molar-refractivity contribution in [1.82, 2.24) is 0 Å². The summed E-state index contributed by atoms with van der Waals surface area (Å²) >= 11 is 0. The Morgan fingerprint density at radius 1 is 1.17 bits per heavy atom. The molecule has 0 fully saturated rings. The Kier molecular flexibility index (Phi) is 2.70. The fourth-order valence-electron chi connectivity index (χ4n) is 0.882. The quantitative estimate of drug-likeness (QED) is 0.612. The zero-order valence-electron chi connectivity index (χ0n) is 6.44. The maximum absolute atomic E-state index is 12.5. The molecule has 0 atom stereocenters. The molecule has 0 bridgehead atoms. The van der Waals surface area contributed by atoms with Gasteiger partial charge in [-0.15, -0.1) is 6.54 Å². The molecule has 4 heteroatoms. The molecule has 0 amide bonds. The first-order valence-corrected chi connectivity index (χ1v) is 3.34. The number of hydrogen-bond acceptors (Lipinski definition) is 0. The fraction of sp³-hybridized carbons (Fsp3) is 0.250. The summed E-state index contributed by atoms with van der Waals surface area (Å²) in [6.45, 7) is 0.189. The molecule has 0 aliphatic carbocycles. The van der Waals surface area contributed by atoms with Gasteiger partial charge in [0.1, 0.15) is 0 Å². The molecule has 0 aliphatic rings. The maximum Gasteiger partial charge on any atom is 0.194 e. The fourth-order valence-corrected chi connectivity index (χ4v) is 0.882. The van der Waals surface area contributed by atoms with E-state index in [4.69, 9.17) is 0 Å². The second-order valence-electron chi connectivity index (χ2n) is 2.35. The van der Waals surface area contributed by atoms with Gasteiger partial charge in [0, 0.05) is 0 Å². The van der Waals surface area contributed by atoms with Gasteiger partial charge in [0.25, 0.3) is 0 Å². The largest absolute Gasteiger partial charge is 0.661 e. The second-order valence-corrected chi connectivity index (χ2v) is 2.35. The van der Waals surface area contributed by atoms with Crippen molar-refractivity contribution >= 4 is 0 Å². The van der Waals surface area contributed by atoms with Crippen molar-refractivity contribution in [3.8, 4) is 0 Å². The number of hydrogen-bond donors (Lipinski definition) is 0. The van der Waals surface area contributed by atoms with Crippen LogP contribution < -0.4 is 0 Å². The molecular weight excluding hydrogens is 167 g/mol. The van der Waals surface area contributed by atoms with Crippen molar-refractivity contribution in [2.24, 2.45) is 0 Å². The summed E-state index contributed by atoms with van der Waals surface area (Å²) in [7, 11) is 1.51. The van der Waals surface area contributed by atoms with Crippen LogP contribution in [0.15, 0.2) is 12.1 Å². The van der Waals surface area contributed by atoms with Gasteiger partial charge in [0.2, 0.25) is 0 Å². The highest BCUT2D eigenvalue weighted by Gasteiger charge is 2.08. The summed E-state index contributed by atoms with van der Waals surface area (Å²) in [4.78, 5) is 0. The number of benzene rings is 1. The summed E-state index contributed by atoms with van der Waals surface area (Å²) in [5.74, 6) is -3.78. The summed E-state index contributed by atoms with van der Waals surface area (Å²) in [6, 6.07) is 1.87. The molecule has 0 N–H and O–H groups in total. The Morgan fingerprint density at radius 2 is 1.67 bits per heavy atom. The highest BCUT2D eigenvalue weighted by molar-refractivity contribution is 5.20. The van der Waals surface area contributed by atoms with Crippen LogP contribution in [0.4, 0.5) is 13.2 Å². The van der Waals surface area contributed by atoms with Crippen molar-refractivity contribution in [1.29, 1.82) is 0 Å². The van der Waals surface area contributed by atoms with Gasteiger partial charge >= 0.3 is 0 Å². The Morgan fingerprint density at radius 3 is 2.08 bits per heavy atom. The van der Waals surface area contributed by atoms with E-state index in [2.05, 4.69) is 5.32 Å². The molecule has 0 saturated heterocycles. The van der Waals surface area contributed by atoms with Crippen LogP contribution in [0.2, 0.25) is 0 Å². The van der Waals surface area contributed by atoms with Crippen LogP contribution in [-0.4, -0.2) is 7.05 Å². The van der Waals surface area contributed by atoms with Crippen LogP contribution in [0.1, 0.15) is 5.56 Å². The van der Waals surface area contributed by atoms with E-state index in [1.54, 1.807) is 0 Å². The zero-order valence-corrected chi connectivity index (χ0v) is 6.44. The Labute approximate surface area is 68.2 Å². The van der Waals surface area contributed by atoms with Crippen LogP contribution in [0.25, 0.3) is 5.32 Å². The molecule has 1 rings (SSSR count). The van der Waals surface area contributed by atoms with Crippen LogP contribution in [0, 0.1) is 17.5 Å². The number of halogens is 3. The molecule has 0 spiro atoms. The van der Waals surface area contributed by atoms with Gasteiger partial charge in [0.05, 0.1) is 0 Å². The van der Waals surface area contributed by atoms with Crippen molar-refractivity contribution in [3.63, 3.8) is 0 Å². The lowest BCUT2D eigenvalue weighted by molar-refractivity contribution is 0.445. The van der Waals surface area contributed by atoms with Crippen molar-refractivity contribution in [2.75, 3.05) is 7.05 Å². The summed E-state index contributed by atoms with van der Waals surface area (Å²) < 4.78 is 37.4. The van der Waals surface area contributed by atoms with E-state index in [-0.39, 0.29) is 6.54 Å². The van der Waals surface area contributed by atoms with Crippen molar-refractivity contribution < 1.29 is 13.2 Å². The first-order valence-electron chi connectivity index (χ1n) is 3.34. The third-order valence-electron chi connectivity index (χ3n) is 1.38. The molecule has 66 valence electrons. The highest BCUT2D eigenvalue weighted by atomic mass is 19.2. The minimum absolute atomic E-state index is 0.189. The summed E-state index contributed by atoms with van der Waals surface area (Å²) in [5, 5.41) is 3.66. The Bertz CT molecular complexity index is 263. The molecular formula is C8H7F3N-. The normalized spacial score (nSPS) is 10.3. The third kappa shape index (κ3) is 1.76. The molecule has 0 aliphatic heterocycles. The SMILES string of the molecule is C[N-]Cc1cc(F)c(F)c(F)c1. The average molecular weight is 174 g/mol. The zero-order chi connectivity index (χ0) is 9.14. The van der Waals surface area contributed by atoms with E-state index in [1.165, 1.54) is 7.05 Å². The molecule has 0 saturated carbocycles. The van der Waals surface area contributed by atoms with Gasteiger partial charge in [-0.1, -0.05) is 5.56 Å². The van der Waals surface area contributed by atoms with Gasteiger partial charge in [-0.2, -0.15) is 7.05 Å². The average Bonchev–Trinajstić information content (AvgIpc) is 2.01. The number of rotatable bonds is 2. The summed E-state index contributed by atoms with van der Waals surface area (Å²) in [6.07, 6.45) is 0. The molecule has 1 nitrogen and oxygen atoms in total. The monoisotopic (exact) mass is 174 g/mol. The molecule has 0 unspecified atom stereocenters. The van der Waals surface area contributed by atoms with Crippen molar-refractivity contribution in [2.45, 2.75) is 6.54 Å². The number of nitrogens with zero attached hydrogens (tertiary/aromatic N) is 1. The van der Waals surface area contributed by atoms with E-state index in [9.17, 15) is 13.2 Å². The lowest BCUT2D eigenvalue weighted by Crippen LogP contribution is -1.93. The lowest BCUT2D eigenvalue weighted by atomic mass is 10.2. The summed E-state index contributed by atoms with van der Waals surface area (Å²) in [5.41, 5.74) is 0.328. The topological polar surface area (TPSA) is 14.1 Å². The van der Waals surface area contributed by atoms with Crippen molar-refractivity contribution in [3.05, 3.63) is 40.5 Å². The third-order valence-corrected chi connectivity index (χ3v) is 1.38. The molecule has 0 heterocycles. The lowest BCUT2D eigenvalue weighted by Gasteiger charge is -2.11. The predicted molar refractivity (Wildman–Crippen MR) is 39.3 cm³/mol. The smallest absolute Gasteiger partial charge is 0.194 e. The Balaban J connectivity index is 3.04. The molecule has 1 aromatic carbocycles. The Hall–Kier alpha value is -1.03. The first-order chi connectivity index (χ1) is 5.65. The van der Waals surface area contributed by atoms with E-state index in [0.29, 0.717) is 5.56 Å². The first kappa shape index (κ1) is 9.06. The van der Waals surface area contributed by atoms with Gasteiger partial charge < -0.3 is 5.32 Å².